The molecule has 0 aliphatic carbocycles. The van der Waals surface area contributed by atoms with Gasteiger partial charge in [0.1, 0.15) is 0 Å². The maximum absolute atomic E-state index is 12.0. The Balaban J connectivity index is 2.15. The molecule has 102 valence electrons. The zero-order valence-electron chi connectivity index (χ0n) is 11.2. The van der Waals surface area contributed by atoms with Crippen LogP contribution >= 0.6 is 0 Å². The third-order valence-corrected chi connectivity index (χ3v) is 2.93. The molecule has 0 bridgehead atoms. The van der Waals surface area contributed by atoms with E-state index in [0.717, 1.165) is 5.39 Å². The third kappa shape index (κ3) is 2.90. The molecule has 0 aromatic carbocycles. The predicted octanol–water partition coefficient (Wildman–Crippen LogP) is 1.28. The number of hydrogen-bond acceptors (Lipinski definition) is 5. The monoisotopic (exact) mass is 263 g/mol. The van der Waals surface area contributed by atoms with Gasteiger partial charge in [0.05, 0.1) is 16.6 Å². The summed E-state index contributed by atoms with van der Waals surface area (Å²) in [6.45, 7) is 5.94. The molecule has 6 heteroatoms. The van der Waals surface area contributed by atoms with Gasteiger partial charge in [-0.3, -0.25) is 4.79 Å². The van der Waals surface area contributed by atoms with Gasteiger partial charge in [-0.1, -0.05) is 19.0 Å². The van der Waals surface area contributed by atoms with E-state index in [1.54, 1.807) is 13.0 Å². The first-order chi connectivity index (χ1) is 8.93. The highest BCUT2D eigenvalue weighted by Crippen LogP contribution is 2.17. The van der Waals surface area contributed by atoms with Crippen LogP contribution in [-0.4, -0.2) is 34.3 Å². The van der Waals surface area contributed by atoms with E-state index in [-0.39, 0.29) is 17.9 Å². The van der Waals surface area contributed by atoms with Gasteiger partial charge in [-0.25, -0.2) is 4.98 Å². The molecule has 2 aromatic rings. The molecule has 0 aliphatic rings. The standard InChI is InChI=1S/C13H17N3O3/c1-8-10-4-9(5-14-12(10)19-16-8)11(18)15-6-13(2,3)7-17/h4-5,17H,6-7H2,1-3H3,(H,15,18). The highest BCUT2D eigenvalue weighted by Gasteiger charge is 2.18. The normalized spacial score (nSPS) is 11.8. The maximum Gasteiger partial charge on any atom is 0.257 e. The number of aliphatic hydroxyl groups excluding tert-OH is 1. The van der Waals surface area contributed by atoms with E-state index in [1.807, 2.05) is 13.8 Å². The molecule has 2 heterocycles. The van der Waals surface area contributed by atoms with Crippen LogP contribution in [0.25, 0.3) is 11.1 Å². The van der Waals surface area contributed by atoms with Crippen LogP contribution in [0, 0.1) is 12.3 Å². The molecule has 19 heavy (non-hydrogen) atoms. The molecular weight excluding hydrogens is 246 g/mol. The molecule has 6 nitrogen and oxygen atoms in total. The molecule has 0 unspecified atom stereocenters. The third-order valence-electron chi connectivity index (χ3n) is 2.93. The Morgan fingerprint density at radius 1 is 1.53 bits per heavy atom. The highest BCUT2D eigenvalue weighted by atomic mass is 16.5. The second kappa shape index (κ2) is 4.97. The number of nitrogens with one attached hydrogen (secondary N) is 1. The topological polar surface area (TPSA) is 88.2 Å². The summed E-state index contributed by atoms with van der Waals surface area (Å²) in [5.74, 6) is -0.225. The zero-order valence-corrected chi connectivity index (χ0v) is 11.2. The van der Waals surface area contributed by atoms with Gasteiger partial charge >= 0.3 is 0 Å². The number of fused-ring (bicyclic) bond motifs is 1. The van der Waals surface area contributed by atoms with Crippen LogP contribution in [0.5, 0.6) is 0 Å². The van der Waals surface area contributed by atoms with E-state index in [0.29, 0.717) is 23.5 Å². The number of aromatic nitrogens is 2. The van der Waals surface area contributed by atoms with Crippen molar-refractivity contribution in [1.29, 1.82) is 0 Å². The number of carbonyl (C=O) groups is 1. The lowest BCUT2D eigenvalue weighted by atomic mass is 9.95. The van der Waals surface area contributed by atoms with Gasteiger partial charge < -0.3 is 14.9 Å². The average Bonchev–Trinajstić information content (AvgIpc) is 2.77. The van der Waals surface area contributed by atoms with Crippen molar-refractivity contribution in [3.8, 4) is 0 Å². The minimum absolute atomic E-state index is 0.00925. The number of aryl methyl sites for hydroxylation is 1. The fourth-order valence-electron chi connectivity index (χ4n) is 1.55. The van der Waals surface area contributed by atoms with Gasteiger partial charge in [0.2, 0.25) is 0 Å². The van der Waals surface area contributed by atoms with Crippen LogP contribution in [-0.2, 0) is 0 Å². The lowest BCUT2D eigenvalue weighted by Gasteiger charge is -2.21. The van der Waals surface area contributed by atoms with E-state index >= 15 is 0 Å². The Morgan fingerprint density at radius 2 is 2.26 bits per heavy atom. The molecule has 0 aliphatic heterocycles. The second-order valence-electron chi connectivity index (χ2n) is 5.35. The summed E-state index contributed by atoms with van der Waals surface area (Å²) in [6.07, 6.45) is 1.45. The van der Waals surface area contributed by atoms with Crippen molar-refractivity contribution in [3.63, 3.8) is 0 Å². The summed E-state index contributed by atoms with van der Waals surface area (Å²) in [5, 5.41) is 16.4. The van der Waals surface area contributed by atoms with E-state index in [9.17, 15) is 4.79 Å². The van der Waals surface area contributed by atoms with Gasteiger partial charge in [0, 0.05) is 24.8 Å². The van der Waals surface area contributed by atoms with Gasteiger partial charge in [0.15, 0.2) is 0 Å². The summed E-state index contributed by atoms with van der Waals surface area (Å²) in [6, 6.07) is 1.70. The lowest BCUT2D eigenvalue weighted by Crippen LogP contribution is -2.36. The molecule has 2 aromatic heterocycles. The Labute approximate surface area is 110 Å². The van der Waals surface area contributed by atoms with E-state index in [4.69, 9.17) is 9.63 Å². The number of carbonyl (C=O) groups excluding carboxylic acids is 1. The van der Waals surface area contributed by atoms with Crippen LogP contribution in [0.1, 0.15) is 29.9 Å². The van der Waals surface area contributed by atoms with Crippen LogP contribution in [0.15, 0.2) is 16.8 Å². The molecular formula is C13H17N3O3. The fourth-order valence-corrected chi connectivity index (χ4v) is 1.55. The van der Waals surface area contributed by atoms with E-state index < -0.39 is 0 Å². The first-order valence-electron chi connectivity index (χ1n) is 6.04. The van der Waals surface area contributed by atoms with Crippen molar-refractivity contribution in [2.45, 2.75) is 20.8 Å². The Morgan fingerprint density at radius 3 is 2.95 bits per heavy atom. The van der Waals surface area contributed by atoms with Gasteiger partial charge in [-0.2, -0.15) is 0 Å². The van der Waals surface area contributed by atoms with Crippen LogP contribution < -0.4 is 5.32 Å². The molecule has 0 spiro atoms. The second-order valence-corrected chi connectivity index (χ2v) is 5.35. The van der Waals surface area contributed by atoms with Crippen LogP contribution in [0.4, 0.5) is 0 Å². The number of rotatable bonds is 4. The molecule has 1 amide bonds. The fraction of sp³-hybridized carbons (Fsp3) is 0.462. The van der Waals surface area contributed by atoms with Crippen LogP contribution in [0.3, 0.4) is 0 Å². The number of aliphatic hydroxyl groups is 1. The molecule has 0 saturated heterocycles. The number of pyridine rings is 1. The Hall–Kier alpha value is -1.95. The van der Waals surface area contributed by atoms with E-state index in [2.05, 4.69) is 15.5 Å². The molecule has 0 atom stereocenters. The zero-order chi connectivity index (χ0) is 14.0. The Bertz CT molecular complexity index is 604. The van der Waals surface area contributed by atoms with Crippen molar-refractivity contribution in [2.24, 2.45) is 5.41 Å². The summed E-state index contributed by atoms with van der Waals surface area (Å²) >= 11 is 0. The van der Waals surface area contributed by atoms with Gasteiger partial charge in [-0.15, -0.1) is 0 Å². The number of nitrogens with zero attached hydrogens (tertiary/aromatic N) is 2. The van der Waals surface area contributed by atoms with E-state index in [1.165, 1.54) is 6.20 Å². The number of amides is 1. The molecule has 2 rings (SSSR count). The van der Waals surface area contributed by atoms with Crippen molar-refractivity contribution in [2.75, 3.05) is 13.2 Å². The molecule has 2 N–H and O–H groups in total. The first-order valence-corrected chi connectivity index (χ1v) is 6.04. The largest absolute Gasteiger partial charge is 0.396 e. The van der Waals surface area contributed by atoms with Gasteiger partial charge in [0.25, 0.3) is 11.6 Å². The Kier molecular flexibility index (Phi) is 3.53. The molecule has 0 radical (unpaired) electrons. The highest BCUT2D eigenvalue weighted by molar-refractivity contribution is 5.96. The maximum atomic E-state index is 12.0. The summed E-state index contributed by atoms with van der Waals surface area (Å²) in [4.78, 5) is 16.0. The van der Waals surface area contributed by atoms with Crippen molar-refractivity contribution < 1.29 is 14.4 Å². The summed E-state index contributed by atoms with van der Waals surface area (Å²) in [7, 11) is 0. The van der Waals surface area contributed by atoms with Crippen molar-refractivity contribution >= 4 is 17.0 Å². The minimum Gasteiger partial charge on any atom is -0.396 e. The quantitative estimate of drug-likeness (QED) is 0.867. The molecule has 0 saturated carbocycles. The minimum atomic E-state index is -0.347. The van der Waals surface area contributed by atoms with Crippen LogP contribution in [0.2, 0.25) is 0 Å². The summed E-state index contributed by atoms with van der Waals surface area (Å²) in [5.41, 5.74) is 1.23. The van der Waals surface area contributed by atoms with Crippen molar-refractivity contribution in [1.82, 2.24) is 15.5 Å². The van der Waals surface area contributed by atoms with Crippen molar-refractivity contribution in [3.05, 3.63) is 23.5 Å². The average molecular weight is 263 g/mol. The first kappa shape index (κ1) is 13.5. The smallest absolute Gasteiger partial charge is 0.257 e. The van der Waals surface area contributed by atoms with Gasteiger partial charge in [-0.05, 0) is 13.0 Å². The predicted molar refractivity (Wildman–Crippen MR) is 69.7 cm³/mol. The summed E-state index contributed by atoms with van der Waals surface area (Å²) < 4.78 is 4.99. The molecule has 0 fully saturated rings. The number of hydrogen-bond donors (Lipinski definition) is 2. The lowest BCUT2D eigenvalue weighted by molar-refractivity contribution is 0.0911. The SMILES string of the molecule is Cc1noc2ncc(C(=O)NCC(C)(C)CO)cc12.